The minimum atomic E-state index is -2.23. The fourth-order valence-corrected chi connectivity index (χ4v) is 2.85. The number of benzene rings is 1. The maximum Gasteiger partial charge on any atom is 0.311 e. The predicted octanol–water partition coefficient (Wildman–Crippen LogP) is 2.91. The van der Waals surface area contributed by atoms with Crippen molar-refractivity contribution >= 4 is 28.9 Å². The first-order chi connectivity index (χ1) is 12.5. The van der Waals surface area contributed by atoms with Gasteiger partial charge in [-0.05, 0) is 42.7 Å². The molecule has 1 heterocycles. The fourth-order valence-electron chi connectivity index (χ4n) is 2.32. The van der Waals surface area contributed by atoms with Crippen molar-refractivity contribution in [2.75, 3.05) is 10.8 Å². The quantitative estimate of drug-likeness (QED) is 0.254. The second-order valence-electron chi connectivity index (χ2n) is 5.58. The van der Waals surface area contributed by atoms with Crippen LogP contribution in [0.4, 0.5) is 5.95 Å². The summed E-state index contributed by atoms with van der Waals surface area (Å²) in [5.41, 5.74) is 1.37. The molecule has 140 valence electrons. The lowest BCUT2D eigenvalue weighted by atomic mass is 10.1. The van der Waals surface area contributed by atoms with E-state index >= 15 is 0 Å². The fraction of sp³-hybridized carbons (Fsp3) is 0.353. The van der Waals surface area contributed by atoms with Gasteiger partial charge in [0.05, 0.1) is 0 Å². The largest absolute Gasteiger partial charge is 0.427 e. The zero-order valence-corrected chi connectivity index (χ0v) is 15.3. The highest BCUT2D eigenvalue weighted by molar-refractivity contribution is 7.80. The van der Waals surface area contributed by atoms with Gasteiger partial charge in [-0.3, -0.25) is 9.35 Å². The summed E-state index contributed by atoms with van der Waals surface area (Å²) in [6.07, 6.45) is 5.08. The second kappa shape index (κ2) is 9.83. The Kier molecular flexibility index (Phi) is 7.49. The standard InChI is InChI=1S/C17H22N4O4S/c1-2-4-15(18)13-6-8-14(9-7-13)25-16(22)5-3-12-21(26(23)24)17-19-10-11-20-17/h6-11,18H,2-5,12H2,1H3,(H,19,20)(H,23,24). The molecule has 2 aromatic rings. The summed E-state index contributed by atoms with van der Waals surface area (Å²) in [6, 6.07) is 6.84. The van der Waals surface area contributed by atoms with E-state index in [1.54, 1.807) is 30.5 Å². The molecule has 0 fully saturated rings. The molecule has 1 unspecified atom stereocenters. The van der Waals surface area contributed by atoms with Gasteiger partial charge in [0.2, 0.25) is 5.95 Å². The number of hydrogen-bond donors (Lipinski definition) is 3. The molecule has 0 saturated heterocycles. The minimum Gasteiger partial charge on any atom is -0.427 e. The van der Waals surface area contributed by atoms with Crippen LogP contribution in [0.3, 0.4) is 0 Å². The van der Waals surface area contributed by atoms with E-state index in [4.69, 9.17) is 10.1 Å². The number of nitrogens with zero attached hydrogens (tertiary/aromatic N) is 2. The van der Waals surface area contributed by atoms with Crippen LogP contribution in [0.25, 0.3) is 0 Å². The van der Waals surface area contributed by atoms with Gasteiger partial charge in [0.1, 0.15) is 5.75 Å². The van der Waals surface area contributed by atoms with Crippen LogP contribution < -0.4 is 9.04 Å². The van der Waals surface area contributed by atoms with Crippen LogP contribution in [-0.2, 0) is 16.1 Å². The van der Waals surface area contributed by atoms with Crippen molar-refractivity contribution in [3.05, 3.63) is 42.2 Å². The average Bonchev–Trinajstić information content (AvgIpc) is 3.13. The maximum atomic E-state index is 11.9. The summed E-state index contributed by atoms with van der Waals surface area (Å²) in [5, 5.41) is 7.90. The predicted molar refractivity (Wildman–Crippen MR) is 99.8 cm³/mol. The van der Waals surface area contributed by atoms with Crippen LogP contribution in [0.5, 0.6) is 5.75 Å². The summed E-state index contributed by atoms with van der Waals surface area (Å²) in [4.78, 5) is 18.6. The Morgan fingerprint density at radius 3 is 2.65 bits per heavy atom. The van der Waals surface area contributed by atoms with Crippen LogP contribution in [0.2, 0.25) is 0 Å². The minimum absolute atomic E-state index is 0.0990. The first-order valence-corrected chi connectivity index (χ1v) is 9.34. The highest BCUT2D eigenvalue weighted by Crippen LogP contribution is 2.15. The number of hydrogen-bond acceptors (Lipinski definition) is 5. The average molecular weight is 378 g/mol. The smallest absolute Gasteiger partial charge is 0.311 e. The Hall–Kier alpha value is -2.52. The molecular formula is C17H22N4O4S. The molecule has 8 nitrogen and oxygen atoms in total. The van der Waals surface area contributed by atoms with Gasteiger partial charge >= 0.3 is 5.97 Å². The topological polar surface area (TPSA) is 119 Å². The Morgan fingerprint density at radius 1 is 1.35 bits per heavy atom. The SMILES string of the molecule is CCCC(=N)c1ccc(OC(=O)CCCN(c2ncc[nH]2)S(=O)O)cc1. The number of rotatable bonds is 10. The number of ether oxygens (including phenoxy) is 1. The van der Waals surface area contributed by atoms with E-state index in [0.717, 1.165) is 16.3 Å². The van der Waals surface area contributed by atoms with Gasteiger partial charge in [-0.2, -0.15) is 0 Å². The molecule has 0 radical (unpaired) electrons. The van der Waals surface area contributed by atoms with Crippen molar-refractivity contribution in [1.29, 1.82) is 5.41 Å². The first-order valence-electron chi connectivity index (χ1n) is 8.27. The number of esters is 1. The Morgan fingerprint density at radius 2 is 2.08 bits per heavy atom. The highest BCUT2D eigenvalue weighted by Gasteiger charge is 2.15. The van der Waals surface area contributed by atoms with Crippen molar-refractivity contribution in [2.45, 2.75) is 32.6 Å². The molecule has 1 atom stereocenters. The molecule has 0 saturated carbocycles. The molecular weight excluding hydrogens is 356 g/mol. The molecule has 1 aromatic carbocycles. The van der Waals surface area contributed by atoms with E-state index in [9.17, 15) is 13.6 Å². The molecule has 3 N–H and O–H groups in total. The van der Waals surface area contributed by atoms with Crippen LogP contribution in [0.1, 0.15) is 38.2 Å². The number of imidazole rings is 1. The maximum absolute atomic E-state index is 11.9. The Labute approximate surface area is 154 Å². The molecule has 0 aliphatic rings. The molecule has 0 aliphatic heterocycles. The van der Waals surface area contributed by atoms with Gasteiger partial charge in [0.15, 0.2) is 0 Å². The lowest BCUT2D eigenvalue weighted by Crippen LogP contribution is -2.28. The van der Waals surface area contributed by atoms with Crippen LogP contribution in [0.15, 0.2) is 36.7 Å². The third-order valence-electron chi connectivity index (χ3n) is 3.59. The summed E-state index contributed by atoms with van der Waals surface area (Å²) < 4.78 is 27.0. The monoisotopic (exact) mass is 378 g/mol. The number of nitrogens with one attached hydrogen (secondary N) is 2. The van der Waals surface area contributed by atoms with Gasteiger partial charge < -0.3 is 15.1 Å². The zero-order valence-electron chi connectivity index (χ0n) is 14.5. The van der Waals surface area contributed by atoms with E-state index in [1.165, 1.54) is 6.20 Å². The number of anilines is 1. The molecule has 26 heavy (non-hydrogen) atoms. The van der Waals surface area contributed by atoms with Crippen molar-refractivity contribution < 1.29 is 18.3 Å². The van der Waals surface area contributed by atoms with Crippen molar-refractivity contribution in [3.8, 4) is 5.75 Å². The van der Waals surface area contributed by atoms with E-state index in [2.05, 4.69) is 9.97 Å². The van der Waals surface area contributed by atoms with Crippen molar-refractivity contribution in [3.63, 3.8) is 0 Å². The lowest BCUT2D eigenvalue weighted by Gasteiger charge is -2.16. The molecule has 0 bridgehead atoms. The number of carbonyl (C=O) groups excluding carboxylic acids is 1. The number of H-pyrrole nitrogens is 1. The van der Waals surface area contributed by atoms with Gasteiger partial charge in [0.25, 0.3) is 11.3 Å². The van der Waals surface area contributed by atoms with E-state index in [1.807, 2.05) is 6.92 Å². The molecule has 0 aliphatic carbocycles. The molecule has 2 rings (SSSR count). The van der Waals surface area contributed by atoms with E-state index < -0.39 is 17.2 Å². The normalized spacial score (nSPS) is 11.8. The van der Waals surface area contributed by atoms with Gasteiger partial charge in [-0.1, -0.05) is 13.3 Å². The summed E-state index contributed by atoms with van der Waals surface area (Å²) in [5.74, 6) is 0.255. The van der Waals surface area contributed by atoms with Gasteiger partial charge in [-0.25, -0.2) is 13.5 Å². The highest BCUT2D eigenvalue weighted by atomic mass is 32.2. The second-order valence-corrected chi connectivity index (χ2v) is 6.48. The molecule has 1 aromatic heterocycles. The number of aromatic nitrogens is 2. The van der Waals surface area contributed by atoms with Crippen LogP contribution >= 0.6 is 0 Å². The molecule has 0 amide bonds. The number of carbonyl (C=O) groups is 1. The van der Waals surface area contributed by atoms with Crippen molar-refractivity contribution in [2.24, 2.45) is 0 Å². The Bertz CT molecular complexity index is 747. The zero-order chi connectivity index (χ0) is 18.9. The third-order valence-corrected chi connectivity index (χ3v) is 4.32. The molecule has 0 spiro atoms. The van der Waals surface area contributed by atoms with Crippen LogP contribution in [-0.4, -0.2) is 37.0 Å². The summed E-state index contributed by atoms with van der Waals surface area (Å²) in [6.45, 7) is 2.20. The Balaban J connectivity index is 1.81. The summed E-state index contributed by atoms with van der Waals surface area (Å²) in [7, 11) is 0. The van der Waals surface area contributed by atoms with Crippen LogP contribution in [0, 0.1) is 5.41 Å². The third kappa shape index (κ3) is 5.78. The number of aromatic amines is 1. The van der Waals surface area contributed by atoms with Crippen molar-refractivity contribution in [1.82, 2.24) is 9.97 Å². The van der Waals surface area contributed by atoms with Gasteiger partial charge in [-0.15, -0.1) is 0 Å². The molecule has 9 heteroatoms. The summed E-state index contributed by atoms with van der Waals surface area (Å²) >= 11 is -2.23. The first kappa shape index (κ1) is 19.8. The van der Waals surface area contributed by atoms with Gasteiger partial charge in [0, 0.05) is 31.1 Å². The van der Waals surface area contributed by atoms with E-state index in [-0.39, 0.29) is 18.9 Å². The van der Waals surface area contributed by atoms with E-state index in [0.29, 0.717) is 24.3 Å². The lowest BCUT2D eigenvalue weighted by molar-refractivity contribution is -0.134.